The summed E-state index contributed by atoms with van der Waals surface area (Å²) in [4.78, 5) is 0. The van der Waals surface area contributed by atoms with Crippen molar-refractivity contribution in [2.75, 3.05) is 33.3 Å². The van der Waals surface area contributed by atoms with Gasteiger partial charge in [0.15, 0.2) is 0 Å². The average Bonchev–Trinajstić information content (AvgIpc) is 2.34. The van der Waals surface area contributed by atoms with Gasteiger partial charge in [0.2, 0.25) is 0 Å². The van der Waals surface area contributed by atoms with Crippen molar-refractivity contribution in [1.29, 1.82) is 0 Å². The molecule has 0 atom stereocenters. The van der Waals surface area contributed by atoms with Crippen LogP contribution in [0.2, 0.25) is 0 Å². The maximum Gasteiger partial charge on any atom is 0.118 e. The second-order valence-corrected chi connectivity index (χ2v) is 3.70. The van der Waals surface area contributed by atoms with Crippen molar-refractivity contribution < 1.29 is 4.74 Å². The van der Waals surface area contributed by atoms with E-state index in [1.165, 1.54) is 5.56 Å². The summed E-state index contributed by atoms with van der Waals surface area (Å²) in [5, 5.41) is 6.69. The highest BCUT2D eigenvalue weighted by atomic mass is 16.5. The van der Waals surface area contributed by atoms with Crippen LogP contribution in [0.3, 0.4) is 0 Å². The molecule has 1 rings (SSSR count). The van der Waals surface area contributed by atoms with E-state index in [1.54, 1.807) is 7.11 Å². The summed E-state index contributed by atoms with van der Waals surface area (Å²) in [6, 6.07) is 8.25. The van der Waals surface area contributed by atoms with Crippen molar-refractivity contribution in [3.05, 3.63) is 29.8 Å². The minimum Gasteiger partial charge on any atom is -0.497 e. The summed E-state index contributed by atoms with van der Waals surface area (Å²) in [5.74, 6) is 0.920. The molecule has 1 aromatic rings. The van der Waals surface area contributed by atoms with E-state index in [4.69, 9.17) is 4.74 Å². The number of ether oxygens (including phenoxy) is 1. The van der Waals surface area contributed by atoms with Gasteiger partial charge in [0, 0.05) is 13.1 Å². The minimum absolute atomic E-state index is 0.920. The van der Waals surface area contributed by atoms with Crippen molar-refractivity contribution in [2.24, 2.45) is 0 Å². The summed E-state index contributed by atoms with van der Waals surface area (Å²) in [6.45, 7) is 6.26. The quantitative estimate of drug-likeness (QED) is 0.653. The number of hydrogen-bond donors (Lipinski definition) is 2. The number of nitrogens with one attached hydrogen (secondary N) is 2. The van der Waals surface area contributed by atoms with Gasteiger partial charge in [-0.05, 0) is 37.2 Å². The molecule has 16 heavy (non-hydrogen) atoms. The van der Waals surface area contributed by atoms with E-state index in [1.807, 2.05) is 12.1 Å². The number of benzene rings is 1. The summed E-state index contributed by atoms with van der Waals surface area (Å²) in [7, 11) is 1.69. The van der Waals surface area contributed by atoms with Crippen LogP contribution in [-0.2, 0) is 6.42 Å². The van der Waals surface area contributed by atoms with E-state index in [2.05, 4.69) is 29.7 Å². The number of hydrogen-bond acceptors (Lipinski definition) is 3. The van der Waals surface area contributed by atoms with Gasteiger partial charge in [0.1, 0.15) is 5.75 Å². The van der Waals surface area contributed by atoms with Crippen LogP contribution in [0.1, 0.15) is 12.5 Å². The molecule has 0 saturated carbocycles. The molecule has 0 spiro atoms. The fourth-order valence-corrected chi connectivity index (χ4v) is 1.50. The van der Waals surface area contributed by atoms with Gasteiger partial charge in [-0.1, -0.05) is 19.1 Å². The van der Waals surface area contributed by atoms with Gasteiger partial charge in [-0.3, -0.25) is 0 Å². The largest absolute Gasteiger partial charge is 0.497 e. The molecule has 0 aliphatic carbocycles. The Kier molecular flexibility index (Phi) is 6.61. The van der Waals surface area contributed by atoms with Gasteiger partial charge in [-0.25, -0.2) is 0 Å². The first-order chi connectivity index (χ1) is 7.86. The molecule has 0 aliphatic heterocycles. The lowest BCUT2D eigenvalue weighted by Gasteiger charge is -2.06. The Bertz CT molecular complexity index is 272. The third-order valence-corrected chi connectivity index (χ3v) is 2.48. The maximum absolute atomic E-state index is 5.12. The van der Waals surface area contributed by atoms with E-state index >= 15 is 0 Å². The molecule has 3 nitrogen and oxygen atoms in total. The van der Waals surface area contributed by atoms with E-state index in [9.17, 15) is 0 Å². The molecule has 0 unspecified atom stereocenters. The zero-order chi connectivity index (χ0) is 11.6. The summed E-state index contributed by atoms with van der Waals surface area (Å²) in [6.07, 6.45) is 1.07. The SMILES string of the molecule is CCNCCNCCc1ccc(OC)cc1. The Morgan fingerprint density at radius 2 is 1.69 bits per heavy atom. The number of rotatable bonds is 8. The summed E-state index contributed by atoms with van der Waals surface area (Å²) < 4.78 is 5.12. The Hall–Kier alpha value is -1.06. The first kappa shape index (κ1) is 13.0. The van der Waals surface area contributed by atoms with Crippen LogP contribution in [0.5, 0.6) is 5.75 Å². The van der Waals surface area contributed by atoms with E-state index in [-0.39, 0.29) is 0 Å². The van der Waals surface area contributed by atoms with Gasteiger partial charge in [0.05, 0.1) is 7.11 Å². The van der Waals surface area contributed by atoms with Crippen LogP contribution >= 0.6 is 0 Å². The monoisotopic (exact) mass is 222 g/mol. The van der Waals surface area contributed by atoms with Gasteiger partial charge >= 0.3 is 0 Å². The lowest BCUT2D eigenvalue weighted by molar-refractivity contribution is 0.414. The fourth-order valence-electron chi connectivity index (χ4n) is 1.50. The molecule has 0 aliphatic rings. The lowest BCUT2D eigenvalue weighted by Crippen LogP contribution is -2.28. The molecule has 0 aromatic heterocycles. The molecular weight excluding hydrogens is 200 g/mol. The van der Waals surface area contributed by atoms with Gasteiger partial charge in [-0.15, -0.1) is 0 Å². The molecule has 3 heteroatoms. The topological polar surface area (TPSA) is 33.3 Å². The van der Waals surface area contributed by atoms with E-state index in [0.717, 1.165) is 38.3 Å². The van der Waals surface area contributed by atoms with Crippen molar-refractivity contribution in [3.8, 4) is 5.75 Å². The van der Waals surface area contributed by atoms with Crippen molar-refractivity contribution in [2.45, 2.75) is 13.3 Å². The minimum atomic E-state index is 0.920. The Labute approximate surface area is 98.2 Å². The zero-order valence-electron chi connectivity index (χ0n) is 10.3. The molecular formula is C13H22N2O. The molecule has 0 saturated heterocycles. The van der Waals surface area contributed by atoms with Crippen molar-refractivity contribution in [1.82, 2.24) is 10.6 Å². The van der Waals surface area contributed by atoms with Crippen molar-refractivity contribution >= 4 is 0 Å². The molecule has 0 radical (unpaired) electrons. The Balaban J connectivity index is 2.12. The van der Waals surface area contributed by atoms with Crippen LogP contribution in [0.25, 0.3) is 0 Å². The second-order valence-electron chi connectivity index (χ2n) is 3.70. The highest BCUT2D eigenvalue weighted by molar-refractivity contribution is 5.27. The van der Waals surface area contributed by atoms with E-state index < -0.39 is 0 Å². The summed E-state index contributed by atoms with van der Waals surface area (Å²) in [5.41, 5.74) is 1.34. The standard InChI is InChI=1S/C13H22N2O/c1-3-14-10-11-15-9-8-12-4-6-13(16-2)7-5-12/h4-7,14-15H,3,8-11H2,1-2H3. The van der Waals surface area contributed by atoms with E-state index in [0.29, 0.717) is 0 Å². The molecule has 2 N–H and O–H groups in total. The Morgan fingerprint density at radius 3 is 2.31 bits per heavy atom. The second kappa shape index (κ2) is 8.13. The van der Waals surface area contributed by atoms with Crippen LogP contribution in [0.4, 0.5) is 0 Å². The zero-order valence-corrected chi connectivity index (χ0v) is 10.3. The molecule has 0 heterocycles. The Morgan fingerprint density at radius 1 is 1.00 bits per heavy atom. The molecule has 0 fully saturated rings. The number of methoxy groups -OCH3 is 1. The molecule has 1 aromatic carbocycles. The van der Waals surface area contributed by atoms with Crippen LogP contribution in [0, 0.1) is 0 Å². The first-order valence-corrected chi connectivity index (χ1v) is 5.91. The maximum atomic E-state index is 5.12. The third kappa shape index (κ3) is 5.14. The van der Waals surface area contributed by atoms with Gasteiger partial charge in [0.25, 0.3) is 0 Å². The van der Waals surface area contributed by atoms with Gasteiger partial charge in [-0.2, -0.15) is 0 Å². The molecule has 0 amide bonds. The van der Waals surface area contributed by atoms with Crippen LogP contribution in [0.15, 0.2) is 24.3 Å². The highest BCUT2D eigenvalue weighted by Gasteiger charge is 1.94. The van der Waals surface area contributed by atoms with Crippen molar-refractivity contribution in [3.63, 3.8) is 0 Å². The molecule has 90 valence electrons. The van der Waals surface area contributed by atoms with Crippen LogP contribution in [-0.4, -0.2) is 33.3 Å². The highest BCUT2D eigenvalue weighted by Crippen LogP contribution is 2.11. The smallest absolute Gasteiger partial charge is 0.118 e. The number of likely N-dealkylation sites (N-methyl/N-ethyl adjacent to an activating group) is 1. The average molecular weight is 222 g/mol. The third-order valence-electron chi connectivity index (χ3n) is 2.48. The summed E-state index contributed by atoms with van der Waals surface area (Å²) >= 11 is 0. The normalized spacial score (nSPS) is 10.4. The molecule has 0 bridgehead atoms. The predicted molar refractivity (Wildman–Crippen MR) is 68.1 cm³/mol. The van der Waals surface area contributed by atoms with Crippen LogP contribution < -0.4 is 15.4 Å². The lowest BCUT2D eigenvalue weighted by atomic mass is 10.1. The first-order valence-electron chi connectivity index (χ1n) is 5.91. The fraction of sp³-hybridized carbons (Fsp3) is 0.538. The predicted octanol–water partition coefficient (Wildman–Crippen LogP) is 1.44. The van der Waals surface area contributed by atoms with Gasteiger partial charge < -0.3 is 15.4 Å².